The van der Waals surface area contributed by atoms with E-state index in [-0.39, 0.29) is 30.3 Å². The smallest absolute Gasteiger partial charge is 0.271 e. The Labute approximate surface area is 220 Å². The third-order valence-electron chi connectivity index (χ3n) is 6.38. The lowest BCUT2D eigenvalue weighted by atomic mass is 9.90. The van der Waals surface area contributed by atoms with Crippen molar-refractivity contribution in [3.05, 3.63) is 92.4 Å². The Bertz CT molecular complexity index is 1380. The van der Waals surface area contributed by atoms with Gasteiger partial charge < -0.3 is 9.84 Å². The summed E-state index contributed by atoms with van der Waals surface area (Å²) < 4.78 is 5.91. The second-order valence-corrected chi connectivity index (χ2v) is 9.48. The summed E-state index contributed by atoms with van der Waals surface area (Å²) in [5.74, 6) is -1.75. The van der Waals surface area contributed by atoms with E-state index < -0.39 is 34.8 Å². The standard InChI is InChI=1S/C26H22BrN3O7/c1-2-36-20-12-16(11-19(27)23(20)31)22-21-24(37-29(22)17-9-6-10-18(13-17)30(34)35)26(33)28(25(21)32)14-15-7-4-3-5-8-15/h3-13,21-22,24,31H,2,14H2,1H3/t21-,22-,24-/m1/s1. The monoisotopic (exact) mass is 567 g/mol. The summed E-state index contributed by atoms with van der Waals surface area (Å²) >= 11 is 3.34. The SMILES string of the molecule is CCOc1cc([C@@H]2[C@H]3C(=O)N(Cc4ccccc4)C(=O)[C@@H]3ON2c2cccc([N+](=O)[O-])c2)cc(Br)c1O. The van der Waals surface area contributed by atoms with Crippen LogP contribution in [0.2, 0.25) is 0 Å². The highest BCUT2D eigenvalue weighted by molar-refractivity contribution is 9.10. The second kappa shape index (κ2) is 9.83. The maximum Gasteiger partial charge on any atom is 0.271 e. The molecule has 2 aliphatic heterocycles. The third-order valence-corrected chi connectivity index (χ3v) is 6.98. The fourth-order valence-electron chi connectivity index (χ4n) is 4.73. The van der Waals surface area contributed by atoms with Crippen molar-refractivity contribution in [3.8, 4) is 11.5 Å². The van der Waals surface area contributed by atoms with Gasteiger partial charge in [0.1, 0.15) is 5.92 Å². The molecule has 5 rings (SSSR count). The molecule has 3 aromatic rings. The number of carbonyl (C=O) groups excluding carboxylic acids is 2. The van der Waals surface area contributed by atoms with E-state index in [4.69, 9.17) is 9.57 Å². The quantitative estimate of drug-likeness (QED) is 0.251. The molecule has 0 saturated carbocycles. The minimum absolute atomic E-state index is 0.0991. The van der Waals surface area contributed by atoms with Crippen LogP contribution in [-0.2, 0) is 21.0 Å². The zero-order chi connectivity index (χ0) is 26.3. The maximum absolute atomic E-state index is 13.7. The van der Waals surface area contributed by atoms with Gasteiger partial charge in [-0.15, -0.1) is 0 Å². The highest BCUT2D eigenvalue weighted by Crippen LogP contribution is 2.49. The number of hydrogen-bond acceptors (Lipinski definition) is 8. The van der Waals surface area contributed by atoms with Crippen molar-refractivity contribution in [1.29, 1.82) is 0 Å². The number of nitro benzene ring substituents is 1. The van der Waals surface area contributed by atoms with E-state index in [9.17, 15) is 24.8 Å². The summed E-state index contributed by atoms with van der Waals surface area (Å²) in [5.41, 5.74) is 1.46. The van der Waals surface area contributed by atoms with E-state index in [0.717, 1.165) is 5.56 Å². The fraction of sp³-hybridized carbons (Fsp3) is 0.231. The number of phenolic OH excluding ortho intramolecular Hbond substituents is 1. The topological polar surface area (TPSA) is 122 Å². The van der Waals surface area contributed by atoms with Crippen LogP contribution in [-0.4, -0.2) is 39.5 Å². The van der Waals surface area contributed by atoms with Gasteiger partial charge >= 0.3 is 0 Å². The molecule has 2 aliphatic rings. The van der Waals surface area contributed by atoms with Crippen LogP contribution >= 0.6 is 15.9 Å². The molecule has 0 aliphatic carbocycles. The number of non-ortho nitro benzene ring substituents is 1. The van der Waals surface area contributed by atoms with E-state index in [1.165, 1.54) is 28.2 Å². The molecular weight excluding hydrogens is 546 g/mol. The molecule has 37 heavy (non-hydrogen) atoms. The minimum Gasteiger partial charge on any atom is -0.503 e. The van der Waals surface area contributed by atoms with Crippen molar-refractivity contribution in [2.45, 2.75) is 25.6 Å². The average molecular weight is 568 g/mol. The molecule has 11 heteroatoms. The van der Waals surface area contributed by atoms with E-state index in [0.29, 0.717) is 15.7 Å². The zero-order valence-corrected chi connectivity index (χ0v) is 21.2. The van der Waals surface area contributed by atoms with Crippen LogP contribution in [0.25, 0.3) is 0 Å². The lowest BCUT2D eigenvalue weighted by Gasteiger charge is -2.29. The van der Waals surface area contributed by atoms with Gasteiger partial charge in [0.05, 0.1) is 34.3 Å². The number of rotatable bonds is 7. The number of anilines is 1. The zero-order valence-electron chi connectivity index (χ0n) is 19.6. The number of phenols is 1. The number of nitro groups is 1. The Kier molecular flexibility index (Phi) is 6.57. The number of amides is 2. The highest BCUT2D eigenvalue weighted by Gasteiger charge is 2.60. The van der Waals surface area contributed by atoms with Crippen LogP contribution in [0.1, 0.15) is 24.1 Å². The van der Waals surface area contributed by atoms with E-state index in [2.05, 4.69) is 15.9 Å². The summed E-state index contributed by atoms with van der Waals surface area (Å²) in [6, 6.07) is 17.3. The van der Waals surface area contributed by atoms with Gasteiger partial charge in [-0.2, -0.15) is 0 Å². The first-order chi connectivity index (χ1) is 17.8. The number of benzene rings is 3. The number of hydrogen-bond donors (Lipinski definition) is 1. The molecule has 10 nitrogen and oxygen atoms in total. The largest absolute Gasteiger partial charge is 0.503 e. The summed E-state index contributed by atoms with van der Waals surface area (Å²) in [6.45, 7) is 2.15. The van der Waals surface area contributed by atoms with E-state index in [1.807, 2.05) is 30.3 Å². The summed E-state index contributed by atoms with van der Waals surface area (Å²) in [6.07, 6.45) is -1.12. The first-order valence-electron chi connectivity index (χ1n) is 11.5. The van der Waals surface area contributed by atoms with Crippen molar-refractivity contribution in [3.63, 3.8) is 0 Å². The Balaban J connectivity index is 1.59. The maximum atomic E-state index is 13.7. The number of aromatic hydroxyl groups is 1. The predicted octanol–water partition coefficient (Wildman–Crippen LogP) is 4.51. The molecular formula is C26H22BrN3O7. The Hall–Kier alpha value is -3.96. The van der Waals surface area contributed by atoms with Gasteiger partial charge in [0, 0.05) is 12.1 Å². The molecule has 2 saturated heterocycles. The molecule has 190 valence electrons. The van der Waals surface area contributed by atoms with Gasteiger partial charge in [-0.05, 0) is 52.2 Å². The lowest BCUT2D eigenvalue weighted by molar-refractivity contribution is -0.384. The fourth-order valence-corrected chi connectivity index (χ4v) is 5.19. The molecule has 2 fully saturated rings. The number of nitrogens with zero attached hydrogens (tertiary/aromatic N) is 3. The van der Waals surface area contributed by atoms with Crippen molar-refractivity contribution in [2.75, 3.05) is 11.7 Å². The number of halogens is 1. The van der Waals surface area contributed by atoms with Gasteiger partial charge in [-0.3, -0.25) is 29.4 Å². The summed E-state index contributed by atoms with van der Waals surface area (Å²) in [4.78, 5) is 45.2. The van der Waals surface area contributed by atoms with Gasteiger partial charge in [0.15, 0.2) is 17.6 Å². The van der Waals surface area contributed by atoms with Gasteiger partial charge in [-0.1, -0.05) is 36.4 Å². The predicted molar refractivity (Wildman–Crippen MR) is 136 cm³/mol. The molecule has 3 atom stereocenters. The Morgan fingerprint density at radius 1 is 1.08 bits per heavy atom. The van der Waals surface area contributed by atoms with Gasteiger partial charge in [0.25, 0.3) is 11.6 Å². The van der Waals surface area contributed by atoms with Crippen molar-refractivity contribution in [2.24, 2.45) is 5.92 Å². The van der Waals surface area contributed by atoms with Crippen LogP contribution < -0.4 is 9.80 Å². The molecule has 0 unspecified atom stereocenters. The van der Waals surface area contributed by atoms with Crippen LogP contribution in [0.15, 0.2) is 71.2 Å². The number of imide groups is 1. The normalized spacial score (nSPS) is 20.9. The Morgan fingerprint density at radius 3 is 2.54 bits per heavy atom. The van der Waals surface area contributed by atoms with Gasteiger partial charge in [0.2, 0.25) is 5.91 Å². The van der Waals surface area contributed by atoms with Crippen LogP contribution in [0, 0.1) is 16.0 Å². The van der Waals surface area contributed by atoms with Crippen molar-refractivity contribution in [1.82, 2.24) is 4.90 Å². The molecule has 1 N–H and O–H groups in total. The van der Waals surface area contributed by atoms with E-state index >= 15 is 0 Å². The number of likely N-dealkylation sites (tertiary alicyclic amines) is 1. The summed E-state index contributed by atoms with van der Waals surface area (Å²) in [7, 11) is 0. The number of fused-ring (bicyclic) bond motifs is 1. The number of carbonyl (C=O) groups is 2. The number of hydroxylamine groups is 1. The molecule has 2 amide bonds. The van der Waals surface area contributed by atoms with E-state index in [1.54, 1.807) is 25.1 Å². The van der Waals surface area contributed by atoms with Crippen molar-refractivity contribution < 1.29 is 29.2 Å². The molecule has 0 spiro atoms. The first-order valence-corrected chi connectivity index (χ1v) is 12.3. The summed E-state index contributed by atoms with van der Waals surface area (Å²) in [5, 5.41) is 23.2. The third kappa shape index (κ3) is 4.40. The van der Waals surface area contributed by atoms with Gasteiger partial charge in [-0.25, -0.2) is 5.06 Å². The van der Waals surface area contributed by atoms with Crippen LogP contribution in [0.5, 0.6) is 11.5 Å². The lowest BCUT2D eigenvalue weighted by Crippen LogP contribution is -2.37. The minimum atomic E-state index is -1.12. The molecule has 0 radical (unpaired) electrons. The van der Waals surface area contributed by atoms with Crippen molar-refractivity contribution >= 4 is 39.1 Å². The number of ether oxygens (including phenoxy) is 1. The highest BCUT2D eigenvalue weighted by atomic mass is 79.9. The molecule has 3 aromatic carbocycles. The average Bonchev–Trinajstić information content (AvgIpc) is 3.39. The molecule has 2 heterocycles. The Morgan fingerprint density at radius 2 is 1.84 bits per heavy atom. The van der Waals surface area contributed by atoms with Crippen LogP contribution in [0.3, 0.4) is 0 Å². The molecule has 0 bridgehead atoms. The van der Waals surface area contributed by atoms with Crippen LogP contribution in [0.4, 0.5) is 11.4 Å². The second-order valence-electron chi connectivity index (χ2n) is 8.63. The molecule has 0 aromatic heterocycles. The first kappa shape index (κ1) is 24.7.